The number of sulfonamides is 1. The number of hydrogen-bond acceptors (Lipinski definition) is 4. The Morgan fingerprint density at radius 3 is 2.03 bits per heavy atom. The summed E-state index contributed by atoms with van der Waals surface area (Å²) in [6, 6.07) is 6.59. The number of rotatable bonds is 6. The van der Waals surface area contributed by atoms with Crippen molar-refractivity contribution in [2.75, 3.05) is 13.1 Å². The summed E-state index contributed by atoms with van der Waals surface area (Å²) in [6.07, 6.45) is 5.63. The monoisotopic (exact) mass is 420 g/mol. The van der Waals surface area contributed by atoms with E-state index in [4.69, 9.17) is 0 Å². The van der Waals surface area contributed by atoms with Gasteiger partial charge in [-0.05, 0) is 58.6 Å². The van der Waals surface area contributed by atoms with E-state index in [0.717, 1.165) is 12.8 Å². The highest BCUT2D eigenvalue weighted by atomic mass is 32.2. The molecule has 0 atom stereocenters. The number of amides is 1. The highest BCUT2D eigenvalue weighted by Gasteiger charge is 2.37. The van der Waals surface area contributed by atoms with Crippen molar-refractivity contribution in [3.05, 3.63) is 29.8 Å². The lowest BCUT2D eigenvalue weighted by molar-refractivity contribution is -0.141. The van der Waals surface area contributed by atoms with Gasteiger partial charge < -0.3 is 4.90 Å². The molecule has 7 heteroatoms. The summed E-state index contributed by atoms with van der Waals surface area (Å²) in [7, 11) is -3.61. The van der Waals surface area contributed by atoms with Crippen LogP contribution in [0.1, 0.15) is 69.7 Å². The van der Waals surface area contributed by atoms with Crippen molar-refractivity contribution in [2.24, 2.45) is 5.92 Å². The van der Waals surface area contributed by atoms with Gasteiger partial charge in [0.2, 0.25) is 15.9 Å². The van der Waals surface area contributed by atoms with Gasteiger partial charge in [0, 0.05) is 36.7 Å². The van der Waals surface area contributed by atoms with Crippen molar-refractivity contribution in [3.8, 4) is 0 Å². The lowest BCUT2D eigenvalue weighted by Crippen LogP contribution is -2.49. The molecule has 1 aromatic carbocycles. The number of carbonyl (C=O) groups excluding carboxylic acids is 2. The molecule has 29 heavy (non-hydrogen) atoms. The van der Waals surface area contributed by atoms with E-state index in [1.54, 1.807) is 12.1 Å². The molecule has 1 aromatic rings. The van der Waals surface area contributed by atoms with E-state index in [2.05, 4.69) is 18.7 Å². The maximum Gasteiger partial charge on any atom is 0.243 e. The molecule has 1 aliphatic carbocycles. The second-order valence-electron chi connectivity index (χ2n) is 8.54. The normalized spacial score (nSPS) is 19.6. The number of nitrogens with zero attached hydrogens (tertiary/aromatic N) is 2. The third-order valence-corrected chi connectivity index (χ3v) is 8.14. The average Bonchev–Trinajstić information content (AvgIpc) is 3.22. The van der Waals surface area contributed by atoms with Crippen LogP contribution < -0.4 is 0 Å². The van der Waals surface area contributed by atoms with Crippen molar-refractivity contribution in [1.29, 1.82) is 0 Å². The molecule has 6 nitrogen and oxygen atoms in total. The van der Waals surface area contributed by atoms with Crippen LogP contribution in [0.2, 0.25) is 0 Å². The highest BCUT2D eigenvalue weighted by Crippen LogP contribution is 2.30. The van der Waals surface area contributed by atoms with E-state index < -0.39 is 10.0 Å². The first-order chi connectivity index (χ1) is 13.7. The maximum absolute atomic E-state index is 13.2. The molecule has 0 unspecified atom stereocenters. The van der Waals surface area contributed by atoms with Gasteiger partial charge in [-0.25, -0.2) is 8.42 Å². The molecule has 2 aliphatic rings. The first-order valence-electron chi connectivity index (χ1n) is 10.6. The lowest BCUT2D eigenvalue weighted by Gasteiger charge is -2.38. The van der Waals surface area contributed by atoms with E-state index in [-0.39, 0.29) is 28.5 Å². The Balaban J connectivity index is 1.65. The van der Waals surface area contributed by atoms with Crippen LogP contribution in [0, 0.1) is 5.92 Å². The molecule has 0 N–H and O–H groups in total. The van der Waals surface area contributed by atoms with Crippen molar-refractivity contribution < 1.29 is 18.0 Å². The second kappa shape index (κ2) is 8.96. The van der Waals surface area contributed by atoms with Gasteiger partial charge in [0.1, 0.15) is 0 Å². The largest absolute Gasteiger partial charge is 0.337 e. The van der Waals surface area contributed by atoms with Gasteiger partial charge in [-0.1, -0.05) is 25.0 Å². The molecular weight excluding hydrogens is 388 g/mol. The standard InChI is InChI=1S/C22H32N2O4S/c1-16(2)24(20-6-4-5-7-20)22(26)19-12-14-23(15-13-19)29(27,28)21-10-8-18(9-11-21)17(3)25/h8-11,16,19-20H,4-7,12-15H2,1-3H3. The number of Topliss-reactive ketones (excluding diaryl/α,β-unsaturated/α-hetero) is 1. The third kappa shape index (κ3) is 4.72. The SMILES string of the molecule is CC(=O)c1ccc(S(=O)(=O)N2CCC(C(=O)N(C(C)C)C3CCCC3)CC2)cc1. The number of carbonyl (C=O) groups is 2. The molecule has 160 valence electrons. The van der Waals surface area contributed by atoms with Crippen LogP contribution in [0.5, 0.6) is 0 Å². The molecule has 2 fully saturated rings. The number of ketones is 1. The van der Waals surface area contributed by atoms with Gasteiger partial charge in [0.15, 0.2) is 5.78 Å². The Bertz CT molecular complexity index is 834. The summed E-state index contributed by atoms with van der Waals surface area (Å²) >= 11 is 0. The predicted molar refractivity (Wildman–Crippen MR) is 112 cm³/mol. The minimum atomic E-state index is -3.61. The predicted octanol–water partition coefficient (Wildman–Crippen LogP) is 3.47. The van der Waals surface area contributed by atoms with E-state index in [1.165, 1.54) is 36.2 Å². The van der Waals surface area contributed by atoms with E-state index >= 15 is 0 Å². The summed E-state index contributed by atoms with van der Waals surface area (Å²) in [5.74, 6) is -0.00968. The number of piperidine rings is 1. The zero-order valence-corrected chi connectivity index (χ0v) is 18.5. The maximum atomic E-state index is 13.2. The van der Waals surface area contributed by atoms with Crippen LogP contribution in [0.15, 0.2) is 29.2 Å². The van der Waals surface area contributed by atoms with Crippen molar-refractivity contribution >= 4 is 21.7 Å². The smallest absolute Gasteiger partial charge is 0.243 e. The Morgan fingerprint density at radius 1 is 1.00 bits per heavy atom. The second-order valence-corrected chi connectivity index (χ2v) is 10.5. The fraction of sp³-hybridized carbons (Fsp3) is 0.636. The van der Waals surface area contributed by atoms with Crippen LogP contribution in [0.25, 0.3) is 0 Å². The summed E-state index contributed by atoms with van der Waals surface area (Å²) < 4.78 is 27.4. The average molecular weight is 421 g/mol. The van der Waals surface area contributed by atoms with Gasteiger partial charge in [-0.15, -0.1) is 0 Å². The fourth-order valence-electron chi connectivity index (χ4n) is 4.60. The Hall–Kier alpha value is -1.73. The fourth-order valence-corrected chi connectivity index (χ4v) is 6.07. The minimum Gasteiger partial charge on any atom is -0.337 e. The van der Waals surface area contributed by atoms with Gasteiger partial charge in [-0.3, -0.25) is 9.59 Å². The first kappa shape index (κ1) is 22.0. The molecule has 0 radical (unpaired) electrons. The molecular formula is C22H32N2O4S. The molecule has 1 aliphatic heterocycles. The molecule has 3 rings (SSSR count). The van der Waals surface area contributed by atoms with Crippen LogP contribution in [-0.2, 0) is 14.8 Å². The minimum absolute atomic E-state index is 0.0924. The summed E-state index contributed by atoms with van der Waals surface area (Å²) in [4.78, 5) is 26.8. The molecule has 0 bridgehead atoms. The van der Waals surface area contributed by atoms with Crippen LogP contribution >= 0.6 is 0 Å². The van der Waals surface area contributed by atoms with Gasteiger partial charge in [0.05, 0.1) is 4.90 Å². The lowest BCUT2D eigenvalue weighted by atomic mass is 9.95. The van der Waals surface area contributed by atoms with Gasteiger partial charge in [0.25, 0.3) is 0 Å². The Labute approximate surface area is 174 Å². The third-order valence-electron chi connectivity index (χ3n) is 6.23. The van der Waals surface area contributed by atoms with E-state index in [1.807, 2.05) is 0 Å². The first-order valence-corrected chi connectivity index (χ1v) is 12.1. The molecule has 0 spiro atoms. The van der Waals surface area contributed by atoms with Crippen LogP contribution in [0.3, 0.4) is 0 Å². The van der Waals surface area contributed by atoms with Gasteiger partial charge >= 0.3 is 0 Å². The molecule has 1 heterocycles. The number of benzene rings is 1. The summed E-state index contributed by atoms with van der Waals surface area (Å²) in [6.45, 7) is 6.30. The highest BCUT2D eigenvalue weighted by molar-refractivity contribution is 7.89. The van der Waals surface area contributed by atoms with Gasteiger partial charge in [-0.2, -0.15) is 4.31 Å². The van der Waals surface area contributed by atoms with Crippen LogP contribution in [-0.4, -0.2) is 54.5 Å². The zero-order chi connectivity index (χ0) is 21.2. The van der Waals surface area contributed by atoms with E-state index in [0.29, 0.717) is 37.5 Å². The van der Waals surface area contributed by atoms with Crippen molar-refractivity contribution in [1.82, 2.24) is 9.21 Å². The van der Waals surface area contributed by atoms with Crippen molar-refractivity contribution in [3.63, 3.8) is 0 Å². The molecule has 0 aromatic heterocycles. The summed E-state index contributed by atoms with van der Waals surface area (Å²) in [5.41, 5.74) is 0.494. The zero-order valence-electron chi connectivity index (χ0n) is 17.6. The summed E-state index contributed by atoms with van der Waals surface area (Å²) in [5, 5.41) is 0. The quantitative estimate of drug-likeness (QED) is 0.661. The Morgan fingerprint density at radius 2 is 1.55 bits per heavy atom. The topological polar surface area (TPSA) is 74.8 Å². The number of hydrogen-bond donors (Lipinski definition) is 0. The Kier molecular flexibility index (Phi) is 6.79. The molecule has 1 amide bonds. The van der Waals surface area contributed by atoms with Crippen molar-refractivity contribution in [2.45, 2.75) is 76.3 Å². The van der Waals surface area contributed by atoms with Crippen LogP contribution in [0.4, 0.5) is 0 Å². The van der Waals surface area contributed by atoms with E-state index in [9.17, 15) is 18.0 Å². The molecule has 1 saturated carbocycles. The molecule has 1 saturated heterocycles.